The van der Waals surface area contributed by atoms with Crippen LogP contribution >= 0.6 is 0 Å². The minimum atomic E-state index is -1.06. The van der Waals surface area contributed by atoms with Gasteiger partial charge in [-0.25, -0.2) is 5.43 Å². The number of carboxylic acids is 1. The molecule has 0 aromatic rings. The van der Waals surface area contributed by atoms with Crippen LogP contribution in [0.25, 0.3) is 0 Å². The highest BCUT2D eigenvalue weighted by Crippen LogP contribution is 2.04. The zero-order valence-electron chi connectivity index (χ0n) is 9.60. The number of rotatable bonds is 5. The van der Waals surface area contributed by atoms with Gasteiger partial charge in [-0.15, -0.1) is 0 Å². The predicted molar refractivity (Wildman–Crippen MR) is 59.3 cm³/mol. The van der Waals surface area contributed by atoms with Gasteiger partial charge in [0.2, 0.25) is 5.91 Å². The van der Waals surface area contributed by atoms with Gasteiger partial charge in [-0.3, -0.25) is 14.4 Å². The second-order valence-corrected chi connectivity index (χ2v) is 3.71. The average molecular weight is 241 g/mol. The van der Waals surface area contributed by atoms with Crippen LogP contribution in [0.15, 0.2) is 5.10 Å². The standard InChI is InChI=1S/C10H15N3O4/c1-2-5-13(6-9(15)16)10(17)7-3-4-8(14)12-11-7/h2-6H2,1H3,(H,12,14)(H,15,16). The van der Waals surface area contributed by atoms with Crippen molar-refractivity contribution < 1.29 is 19.5 Å². The van der Waals surface area contributed by atoms with Gasteiger partial charge in [-0.1, -0.05) is 6.92 Å². The van der Waals surface area contributed by atoms with E-state index in [0.29, 0.717) is 13.0 Å². The first-order chi connectivity index (χ1) is 8.04. The van der Waals surface area contributed by atoms with E-state index in [-0.39, 0.29) is 31.0 Å². The van der Waals surface area contributed by atoms with Gasteiger partial charge < -0.3 is 10.0 Å². The third kappa shape index (κ3) is 3.86. The van der Waals surface area contributed by atoms with E-state index >= 15 is 0 Å². The van der Waals surface area contributed by atoms with Crippen molar-refractivity contribution in [1.29, 1.82) is 0 Å². The van der Waals surface area contributed by atoms with E-state index in [1.54, 1.807) is 0 Å². The lowest BCUT2D eigenvalue weighted by Crippen LogP contribution is -2.43. The number of aliphatic carboxylic acids is 1. The molecule has 7 heteroatoms. The first-order valence-electron chi connectivity index (χ1n) is 5.41. The monoisotopic (exact) mass is 241 g/mol. The van der Waals surface area contributed by atoms with E-state index in [1.165, 1.54) is 4.90 Å². The molecule has 0 atom stereocenters. The summed E-state index contributed by atoms with van der Waals surface area (Å²) < 4.78 is 0. The van der Waals surface area contributed by atoms with Gasteiger partial charge in [0.05, 0.1) is 0 Å². The maximum atomic E-state index is 11.9. The van der Waals surface area contributed by atoms with Gasteiger partial charge in [0, 0.05) is 19.4 Å². The Kier molecular flexibility index (Phi) is 4.62. The smallest absolute Gasteiger partial charge is 0.323 e. The molecule has 0 fully saturated rings. The molecule has 0 aliphatic carbocycles. The summed E-state index contributed by atoms with van der Waals surface area (Å²) in [6.07, 6.45) is 1.13. The van der Waals surface area contributed by atoms with Crippen molar-refractivity contribution in [1.82, 2.24) is 10.3 Å². The SMILES string of the molecule is CCCN(CC(=O)O)C(=O)C1=NNC(=O)CC1. The summed E-state index contributed by atoms with van der Waals surface area (Å²) in [6, 6.07) is 0. The fourth-order valence-corrected chi connectivity index (χ4v) is 1.50. The molecule has 2 N–H and O–H groups in total. The van der Waals surface area contributed by atoms with Crippen molar-refractivity contribution in [2.24, 2.45) is 5.10 Å². The molecular formula is C10H15N3O4. The first kappa shape index (κ1) is 13.1. The maximum Gasteiger partial charge on any atom is 0.323 e. The minimum absolute atomic E-state index is 0.206. The molecule has 7 nitrogen and oxygen atoms in total. The molecular weight excluding hydrogens is 226 g/mol. The number of carbonyl (C=O) groups is 3. The second-order valence-electron chi connectivity index (χ2n) is 3.71. The van der Waals surface area contributed by atoms with Crippen LogP contribution in [0.3, 0.4) is 0 Å². The van der Waals surface area contributed by atoms with Gasteiger partial charge in [-0.2, -0.15) is 5.10 Å². The third-order valence-corrected chi connectivity index (χ3v) is 2.26. The van der Waals surface area contributed by atoms with Gasteiger partial charge in [0.1, 0.15) is 12.3 Å². The van der Waals surface area contributed by atoms with E-state index < -0.39 is 11.9 Å². The Hall–Kier alpha value is -1.92. The van der Waals surface area contributed by atoms with Gasteiger partial charge in [0.25, 0.3) is 5.91 Å². The number of amides is 2. The van der Waals surface area contributed by atoms with E-state index in [2.05, 4.69) is 10.5 Å². The number of hydrogen-bond acceptors (Lipinski definition) is 4. The van der Waals surface area contributed by atoms with E-state index in [9.17, 15) is 14.4 Å². The Bertz CT molecular complexity index is 365. The van der Waals surface area contributed by atoms with Crippen molar-refractivity contribution in [3.8, 4) is 0 Å². The molecule has 94 valence electrons. The molecule has 0 aromatic heterocycles. The quantitative estimate of drug-likeness (QED) is 0.682. The maximum absolute atomic E-state index is 11.9. The van der Waals surface area contributed by atoms with Crippen molar-refractivity contribution >= 4 is 23.5 Å². The molecule has 0 saturated carbocycles. The predicted octanol–water partition coefficient (Wildman–Crippen LogP) is -0.424. The summed E-state index contributed by atoms with van der Waals surface area (Å²) in [5, 5.41) is 12.4. The Morgan fingerprint density at radius 3 is 2.65 bits per heavy atom. The Morgan fingerprint density at radius 2 is 2.18 bits per heavy atom. The highest BCUT2D eigenvalue weighted by molar-refractivity contribution is 6.39. The van der Waals surface area contributed by atoms with Crippen LogP contribution < -0.4 is 5.43 Å². The molecule has 1 aliphatic rings. The van der Waals surface area contributed by atoms with Gasteiger partial charge in [0.15, 0.2) is 0 Å². The zero-order chi connectivity index (χ0) is 12.8. The van der Waals surface area contributed by atoms with E-state index in [1.807, 2.05) is 6.92 Å². The molecule has 0 bridgehead atoms. The molecule has 0 spiro atoms. The largest absolute Gasteiger partial charge is 0.480 e. The van der Waals surface area contributed by atoms with Crippen LogP contribution in [-0.4, -0.2) is 46.6 Å². The van der Waals surface area contributed by atoms with Crippen LogP contribution in [0.2, 0.25) is 0 Å². The topological polar surface area (TPSA) is 99.1 Å². The van der Waals surface area contributed by atoms with Gasteiger partial charge in [-0.05, 0) is 6.42 Å². The molecule has 0 aromatic carbocycles. The average Bonchev–Trinajstić information content (AvgIpc) is 2.28. The van der Waals surface area contributed by atoms with Gasteiger partial charge >= 0.3 is 5.97 Å². The number of carbonyl (C=O) groups excluding carboxylic acids is 2. The van der Waals surface area contributed by atoms with Crippen LogP contribution in [0, 0.1) is 0 Å². The number of nitrogens with one attached hydrogen (secondary N) is 1. The fourth-order valence-electron chi connectivity index (χ4n) is 1.50. The number of carboxylic acid groups (broad SMARTS) is 1. The number of nitrogens with zero attached hydrogens (tertiary/aromatic N) is 2. The van der Waals surface area contributed by atoms with Crippen LogP contribution in [-0.2, 0) is 14.4 Å². The Morgan fingerprint density at radius 1 is 1.47 bits per heavy atom. The lowest BCUT2D eigenvalue weighted by atomic mass is 10.1. The molecule has 1 rings (SSSR count). The highest BCUT2D eigenvalue weighted by Gasteiger charge is 2.24. The normalized spacial score (nSPS) is 14.9. The minimum Gasteiger partial charge on any atom is -0.480 e. The van der Waals surface area contributed by atoms with Crippen molar-refractivity contribution in [3.05, 3.63) is 0 Å². The van der Waals surface area contributed by atoms with Crippen LogP contribution in [0.4, 0.5) is 0 Å². The summed E-state index contributed by atoms with van der Waals surface area (Å²) in [4.78, 5) is 34.6. The van der Waals surface area contributed by atoms with Crippen molar-refractivity contribution in [2.45, 2.75) is 26.2 Å². The summed E-state index contributed by atoms with van der Waals surface area (Å²) in [5.41, 5.74) is 2.43. The molecule has 0 unspecified atom stereocenters. The molecule has 17 heavy (non-hydrogen) atoms. The fraction of sp³-hybridized carbons (Fsp3) is 0.600. The summed E-state index contributed by atoms with van der Waals surface area (Å²) in [6.45, 7) is 1.87. The molecule has 2 amide bonds. The lowest BCUT2D eigenvalue weighted by molar-refractivity contribution is -0.142. The molecule has 1 heterocycles. The first-order valence-corrected chi connectivity index (χ1v) is 5.41. The summed E-state index contributed by atoms with van der Waals surface area (Å²) >= 11 is 0. The highest BCUT2D eigenvalue weighted by atomic mass is 16.4. The van der Waals surface area contributed by atoms with E-state index in [4.69, 9.17) is 5.11 Å². The third-order valence-electron chi connectivity index (χ3n) is 2.26. The number of hydrazone groups is 1. The summed E-state index contributed by atoms with van der Waals surface area (Å²) in [7, 11) is 0. The van der Waals surface area contributed by atoms with Crippen LogP contribution in [0.1, 0.15) is 26.2 Å². The Balaban J connectivity index is 2.70. The van der Waals surface area contributed by atoms with Crippen LogP contribution in [0.5, 0.6) is 0 Å². The lowest BCUT2D eigenvalue weighted by Gasteiger charge is -2.21. The van der Waals surface area contributed by atoms with Crippen molar-refractivity contribution in [3.63, 3.8) is 0 Å². The number of hydrogen-bond donors (Lipinski definition) is 2. The van der Waals surface area contributed by atoms with E-state index in [0.717, 1.165) is 0 Å². The second kappa shape index (κ2) is 5.97. The molecule has 1 aliphatic heterocycles. The summed E-state index contributed by atoms with van der Waals surface area (Å²) in [5.74, 6) is -1.72. The zero-order valence-corrected chi connectivity index (χ0v) is 9.60. The Labute approximate surface area is 98.5 Å². The van der Waals surface area contributed by atoms with Crippen molar-refractivity contribution in [2.75, 3.05) is 13.1 Å². The molecule has 0 saturated heterocycles. The molecule has 0 radical (unpaired) electrons.